The van der Waals surface area contributed by atoms with E-state index < -0.39 is 0 Å². The van der Waals surface area contributed by atoms with Crippen LogP contribution in [-0.4, -0.2) is 46.2 Å². The first kappa shape index (κ1) is 12.1. The van der Waals surface area contributed by atoms with Crippen LogP contribution in [-0.2, 0) is 18.3 Å². The Bertz CT molecular complexity index is 264. The lowest BCUT2D eigenvalue weighted by Gasteiger charge is -2.04. The summed E-state index contributed by atoms with van der Waals surface area (Å²) < 4.78 is 7.00. The molecule has 6 nitrogen and oxygen atoms in total. The van der Waals surface area contributed by atoms with Crippen LogP contribution in [0.2, 0.25) is 0 Å². The molecular weight excluding hydrogens is 196 g/mol. The molecule has 0 aliphatic heterocycles. The predicted molar refractivity (Wildman–Crippen MR) is 55.2 cm³/mol. The van der Waals surface area contributed by atoms with E-state index in [9.17, 15) is 0 Å². The van der Waals surface area contributed by atoms with Crippen molar-refractivity contribution in [1.82, 2.24) is 20.1 Å². The normalized spacial score (nSPS) is 10.8. The highest BCUT2D eigenvalue weighted by Crippen LogP contribution is 1.90. The Morgan fingerprint density at radius 3 is 3.07 bits per heavy atom. The van der Waals surface area contributed by atoms with Crippen LogP contribution in [0, 0.1) is 0 Å². The summed E-state index contributed by atoms with van der Waals surface area (Å²) in [5.74, 6) is 0.922. The highest BCUT2D eigenvalue weighted by Gasteiger charge is 1.98. The van der Waals surface area contributed by atoms with E-state index in [1.807, 2.05) is 11.6 Å². The number of nitrogens with one attached hydrogen (secondary N) is 1. The minimum Gasteiger partial charge on any atom is -0.394 e. The second kappa shape index (κ2) is 7.33. The van der Waals surface area contributed by atoms with E-state index in [1.165, 1.54) is 0 Å². The molecule has 2 N–H and O–H groups in total. The Morgan fingerprint density at radius 1 is 1.53 bits per heavy atom. The Hall–Kier alpha value is -0.980. The minimum absolute atomic E-state index is 0.0897. The molecule has 0 aromatic carbocycles. The van der Waals surface area contributed by atoms with Crippen molar-refractivity contribution < 1.29 is 9.84 Å². The van der Waals surface area contributed by atoms with Gasteiger partial charge in [0.25, 0.3) is 0 Å². The van der Waals surface area contributed by atoms with Gasteiger partial charge in [-0.1, -0.05) is 0 Å². The molecule has 0 aliphatic rings. The molecular formula is C9H18N4O2. The van der Waals surface area contributed by atoms with Gasteiger partial charge in [0.05, 0.1) is 19.8 Å². The molecule has 6 heteroatoms. The summed E-state index contributed by atoms with van der Waals surface area (Å²) in [4.78, 5) is 0. The lowest BCUT2D eigenvalue weighted by Crippen LogP contribution is -2.19. The van der Waals surface area contributed by atoms with E-state index in [0.29, 0.717) is 13.2 Å². The summed E-state index contributed by atoms with van der Waals surface area (Å²) in [6, 6.07) is 0. The third-order valence-electron chi connectivity index (χ3n) is 1.97. The molecule has 0 atom stereocenters. The van der Waals surface area contributed by atoms with Crippen LogP contribution in [0.4, 0.5) is 0 Å². The largest absolute Gasteiger partial charge is 0.394 e. The maximum atomic E-state index is 8.47. The standard InChI is InChI=1S/C9H18N4O2/c1-13-8-11-12-9(13)7-10-3-2-5-15-6-4-14/h8,10,14H,2-7H2,1H3. The third kappa shape index (κ3) is 4.87. The number of ether oxygens (including phenoxy) is 1. The van der Waals surface area contributed by atoms with Crippen LogP contribution in [0.5, 0.6) is 0 Å². The van der Waals surface area contributed by atoms with Gasteiger partial charge in [0, 0.05) is 13.7 Å². The van der Waals surface area contributed by atoms with Crippen LogP contribution in [0.25, 0.3) is 0 Å². The first-order valence-corrected chi connectivity index (χ1v) is 5.07. The molecule has 0 spiro atoms. The fourth-order valence-corrected chi connectivity index (χ4v) is 1.13. The average molecular weight is 214 g/mol. The summed E-state index contributed by atoms with van der Waals surface area (Å²) in [7, 11) is 1.92. The Balaban J connectivity index is 1.96. The van der Waals surface area contributed by atoms with Gasteiger partial charge in [0.2, 0.25) is 0 Å². The first-order chi connectivity index (χ1) is 7.34. The SMILES string of the molecule is Cn1cnnc1CNCCCOCCO. The molecule has 0 radical (unpaired) electrons. The Morgan fingerprint density at radius 2 is 2.40 bits per heavy atom. The molecule has 0 amide bonds. The third-order valence-corrected chi connectivity index (χ3v) is 1.97. The molecule has 0 aliphatic carbocycles. The Labute approximate surface area is 89.3 Å². The molecule has 0 fully saturated rings. The number of aliphatic hydroxyl groups is 1. The number of aromatic nitrogens is 3. The minimum atomic E-state index is 0.0897. The molecule has 0 bridgehead atoms. The zero-order valence-electron chi connectivity index (χ0n) is 9.02. The van der Waals surface area contributed by atoms with E-state index in [1.54, 1.807) is 6.33 Å². The quantitative estimate of drug-likeness (QED) is 0.560. The molecule has 1 heterocycles. The van der Waals surface area contributed by atoms with E-state index in [4.69, 9.17) is 9.84 Å². The number of nitrogens with zero attached hydrogens (tertiary/aromatic N) is 3. The Kier molecular flexibility index (Phi) is 5.91. The zero-order chi connectivity index (χ0) is 10.9. The van der Waals surface area contributed by atoms with Crippen molar-refractivity contribution in [2.24, 2.45) is 7.05 Å². The lowest BCUT2D eigenvalue weighted by molar-refractivity contribution is 0.0907. The monoisotopic (exact) mass is 214 g/mol. The summed E-state index contributed by atoms with van der Waals surface area (Å²) in [6.45, 7) is 2.77. The molecule has 1 aromatic rings. The molecule has 1 rings (SSSR count). The van der Waals surface area contributed by atoms with E-state index in [0.717, 1.165) is 25.3 Å². The number of hydrogen-bond donors (Lipinski definition) is 2. The van der Waals surface area contributed by atoms with Gasteiger partial charge in [-0.05, 0) is 13.0 Å². The fourth-order valence-electron chi connectivity index (χ4n) is 1.13. The van der Waals surface area contributed by atoms with Gasteiger partial charge in [-0.25, -0.2) is 0 Å². The van der Waals surface area contributed by atoms with E-state index in [2.05, 4.69) is 15.5 Å². The number of aliphatic hydroxyl groups excluding tert-OH is 1. The van der Waals surface area contributed by atoms with Gasteiger partial charge in [-0.15, -0.1) is 10.2 Å². The first-order valence-electron chi connectivity index (χ1n) is 5.07. The van der Waals surface area contributed by atoms with Gasteiger partial charge in [-0.2, -0.15) is 0 Å². The van der Waals surface area contributed by atoms with Crippen molar-refractivity contribution in [2.75, 3.05) is 26.4 Å². The van der Waals surface area contributed by atoms with Crippen LogP contribution in [0.1, 0.15) is 12.2 Å². The molecule has 86 valence electrons. The maximum Gasteiger partial charge on any atom is 0.146 e. The van der Waals surface area contributed by atoms with E-state index in [-0.39, 0.29) is 6.61 Å². The van der Waals surface area contributed by atoms with Gasteiger partial charge in [-0.3, -0.25) is 0 Å². The van der Waals surface area contributed by atoms with Gasteiger partial charge >= 0.3 is 0 Å². The summed E-state index contributed by atoms with van der Waals surface area (Å²) in [6.07, 6.45) is 2.61. The average Bonchev–Trinajstić information content (AvgIpc) is 2.63. The van der Waals surface area contributed by atoms with Crippen LogP contribution < -0.4 is 5.32 Å². The zero-order valence-corrected chi connectivity index (χ0v) is 9.02. The summed E-state index contributed by atoms with van der Waals surface area (Å²) >= 11 is 0. The van der Waals surface area contributed by atoms with Crippen LogP contribution in [0.15, 0.2) is 6.33 Å². The number of hydrogen-bond acceptors (Lipinski definition) is 5. The van der Waals surface area contributed by atoms with Crippen LogP contribution >= 0.6 is 0 Å². The smallest absolute Gasteiger partial charge is 0.146 e. The molecule has 0 saturated carbocycles. The lowest BCUT2D eigenvalue weighted by atomic mass is 10.4. The van der Waals surface area contributed by atoms with E-state index >= 15 is 0 Å². The van der Waals surface area contributed by atoms with Crippen molar-refractivity contribution in [3.05, 3.63) is 12.2 Å². The van der Waals surface area contributed by atoms with Crippen molar-refractivity contribution in [2.45, 2.75) is 13.0 Å². The number of aryl methyl sites for hydroxylation is 1. The van der Waals surface area contributed by atoms with Crippen molar-refractivity contribution in [3.8, 4) is 0 Å². The molecule has 1 aromatic heterocycles. The molecule has 15 heavy (non-hydrogen) atoms. The predicted octanol–water partition coefficient (Wildman–Crippen LogP) is -0.696. The van der Waals surface area contributed by atoms with Crippen molar-refractivity contribution >= 4 is 0 Å². The number of rotatable bonds is 8. The van der Waals surface area contributed by atoms with Crippen molar-refractivity contribution in [1.29, 1.82) is 0 Å². The van der Waals surface area contributed by atoms with Gasteiger partial charge in [0.15, 0.2) is 0 Å². The molecule has 0 unspecified atom stereocenters. The summed E-state index contributed by atoms with van der Waals surface area (Å²) in [5, 5.41) is 19.4. The van der Waals surface area contributed by atoms with Crippen LogP contribution in [0.3, 0.4) is 0 Å². The topological polar surface area (TPSA) is 72.2 Å². The van der Waals surface area contributed by atoms with Gasteiger partial charge in [0.1, 0.15) is 12.2 Å². The highest BCUT2D eigenvalue weighted by molar-refractivity contribution is 4.82. The summed E-state index contributed by atoms with van der Waals surface area (Å²) in [5.41, 5.74) is 0. The second-order valence-electron chi connectivity index (χ2n) is 3.22. The maximum absolute atomic E-state index is 8.47. The van der Waals surface area contributed by atoms with Crippen molar-refractivity contribution in [3.63, 3.8) is 0 Å². The second-order valence-corrected chi connectivity index (χ2v) is 3.22. The molecule has 0 saturated heterocycles. The van der Waals surface area contributed by atoms with Gasteiger partial charge < -0.3 is 19.7 Å². The highest BCUT2D eigenvalue weighted by atomic mass is 16.5. The fraction of sp³-hybridized carbons (Fsp3) is 0.778.